The normalized spacial score (nSPS) is 13.5. The van der Waals surface area contributed by atoms with E-state index >= 15 is 0 Å². The Labute approximate surface area is 284 Å². The summed E-state index contributed by atoms with van der Waals surface area (Å²) >= 11 is 0. The Kier molecular flexibility index (Phi) is 17.7. The van der Waals surface area contributed by atoms with E-state index in [1.165, 1.54) is 6.92 Å². The molecule has 6 N–H and O–H groups in total. The number of ether oxygens (including phenoxy) is 1. The third kappa shape index (κ3) is 15.9. The van der Waals surface area contributed by atoms with Gasteiger partial charge in [-0.05, 0) is 48.6 Å². The highest BCUT2D eigenvalue weighted by Gasteiger charge is 2.32. The Morgan fingerprint density at radius 3 is 1.98 bits per heavy atom. The van der Waals surface area contributed by atoms with Crippen molar-refractivity contribution >= 4 is 29.7 Å². The number of hydrogen-bond acceptors (Lipinski definition) is 7. The third-order valence-electron chi connectivity index (χ3n) is 7.60. The highest BCUT2D eigenvalue weighted by Crippen LogP contribution is 2.13. The summed E-state index contributed by atoms with van der Waals surface area (Å²) < 4.78 is 5.31. The molecule has 0 saturated heterocycles. The topological polar surface area (TPSA) is 175 Å². The van der Waals surface area contributed by atoms with Gasteiger partial charge < -0.3 is 36.4 Å². The summed E-state index contributed by atoms with van der Waals surface area (Å²) in [6.07, 6.45) is -0.540. The Hall–Kier alpha value is -4.45. The number of hydrogen-bond donors (Lipinski definition) is 6. The molecule has 4 atom stereocenters. The van der Waals surface area contributed by atoms with E-state index in [1.54, 1.807) is 26.0 Å². The number of aliphatic hydroxyl groups is 1. The zero-order valence-electron chi connectivity index (χ0n) is 28.8. The molecule has 0 aliphatic carbocycles. The van der Waals surface area contributed by atoms with Crippen LogP contribution >= 0.6 is 0 Å². The molecule has 12 nitrogen and oxygen atoms in total. The molecule has 0 aromatic heterocycles. The zero-order valence-corrected chi connectivity index (χ0v) is 28.8. The van der Waals surface area contributed by atoms with E-state index in [-0.39, 0.29) is 43.1 Å². The number of aliphatic hydroxyl groups excluding tert-OH is 1. The van der Waals surface area contributed by atoms with Crippen LogP contribution in [0.5, 0.6) is 0 Å². The third-order valence-corrected chi connectivity index (χ3v) is 7.60. The number of amides is 5. The van der Waals surface area contributed by atoms with Crippen molar-refractivity contribution in [1.82, 2.24) is 26.6 Å². The van der Waals surface area contributed by atoms with Gasteiger partial charge in [0, 0.05) is 20.0 Å². The molecule has 0 saturated carbocycles. The lowest BCUT2D eigenvalue weighted by Crippen LogP contribution is -2.58. The highest BCUT2D eigenvalue weighted by atomic mass is 16.5. The second kappa shape index (κ2) is 21.4. The van der Waals surface area contributed by atoms with Gasteiger partial charge in [-0.1, -0.05) is 88.4 Å². The quantitative estimate of drug-likeness (QED) is 0.118. The number of rotatable bonds is 20. The monoisotopic (exact) mass is 667 g/mol. The molecule has 0 bridgehead atoms. The molecule has 0 aliphatic rings. The van der Waals surface area contributed by atoms with Crippen LogP contribution in [-0.4, -0.2) is 72.1 Å². The lowest BCUT2D eigenvalue weighted by molar-refractivity contribution is -0.132. The Balaban J connectivity index is 2.04. The van der Waals surface area contributed by atoms with Gasteiger partial charge in [-0.2, -0.15) is 0 Å². The van der Waals surface area contributed by atoms with Crippen LogP contribution in [0, 0.1) is 11.8 Å². The first-order valence-corrected chi connectivity index (χ1v) is 16.7. The zero-order chi connectivity index (χ0) is 35.5. The first kappa shape index (κ1) is 39.7. The summed E-state index contributed by atoms with van der Waals surface area (Å²) in [5, 5.41) is 24.7. The molecule has 2 rings (SSSR count). The Bertz CT molecular complexity index is 1290. The van der Waals surface area contributed by atoms with Gasteiger partial charge in [-0.15, -0.1) is 0 Å². The molecule has 0 heterocycles. The first-order chi connectivity index (χ1) is 22.8. The van der Waals surface area contributed by atoms with E-state index in [0.29, 0.717) is 32.4 Å². The predicted octanol–water partition coefficient (Wildman–Crippen LogP) is 2.98. The largest absolute Gasteiger partial charge is 0.445 e. The summed E-state index contributed by atoms with van der Waals surface area (Å²) in [5.74, 6) is -1.92. The van der Waals surface area contributed by atoms with E-state index in [2.05, 4.69) is 26.6 Å². The van der Waals surface area contributed by atoms with E-state index in [0.717, 1.165) is 11.1 Å². The Morgan fingerprint density at radius 1 is 0.771 bits per heavy atom. The smallest absolute Gasteiger partial charge is 0.408 e. The summed E-state index contributed by atoms with van der Waals surface area (Å²) in [6.45, 7) is 9.54. The highest BCUT2D eigenvalue weighted by molar-refractivity contribution is 5.91. The summed E-state index contributed by atoms with van der Waals surface area (Å²) in [5.41, 5.74) is 1.86. The maximum Gasteiger partial charge on any atom is 0.408 e. The van der Waals surface area contributed by atoms with Gasteiger partial charge in [0.1, 0.15) is 18.7 Å². The van der Waals surface area contributed by atoms with Crippen LogP contribution in [0.2, 0.25) is 0 Å². The van der Waals surface area contributed by atoms with Gasteiger partial charge >= 0.3 is 6.09 Å². The van der Waals surface area contributed by atoms with E-state index < -0.39 is 42.1 Å². The number of benzene rings is 2. The van der Waals surface area contributed by atoms with E-state index in [1.807, 2.05) is 62.4 Å². The lowest BCUT2D eigenvalue weighted by atomic mass is 9.95. The SMILES string of the molecule is CC(=O)NCCC[C@H](NC(=O)OCc1ccccc1)C(=O)N[C@H](C(=O)N[C@@H](CC(C)C)[C@@H](O)CC(=O)NCCc1ccccc1)C(C)C. The number of nitrogens with one attached hydrogen (secondary N) is 5. The number of carbonyl (C=O) groups is 5. The molecule has 0 unspecified atom stereocenters. The molecule has 0 fully saturated rings. The number of alkyl carbamates (subject to hydrolysis) is 1. The molecule has 0 spiro atoms. The van der Waals surface area contributed by atoms with Crippen molar-refractivity contribution in [2.75, 3.05) is 13.1 Å². The molecule has 48 heavy (non-hydrogen) atoms. The van der Waals surface area contributed by atoms with Crippen molar-refractivity contribution in [3.63, 3.8) is 0 Å². The minimum Gasteiger partial charge on any atom is -0.445 e. The average molecular weight is 668 g/mol. The summed E-state index contributed by atoms with van der Waals surface area (Å²) in [6, 6.07) is 16.0. The van der Waals surface area contributed by atoms with Crippen LogP contribution < -0.4 is 26.6 Å². The van der Waals surface area contributed by atoms with Crippen molar-refractivity contribution in [1.29, 1.82) is 0 Å². The average Bonchev–Trinajstić information content (AvgIpc) is 3.04. The molecule has 2 aromatic rings. The number of carbonyl (C=O) groups excluding carboxylic acids is 5. The van der Waals surface area contributed by atoms with Gasteiger partial charge in [0.2, 0.25) is 23.6 Å². The second-order valence-corrected chi connectivity index (χ2v) is 12.7. The van der Waals surface area contributed by atoms with Gasteiger partial charge in [0.15, 0.2) is 0 Å². The molecule has 0 radical (unpaired) electrons. The van der Waals surface area contributed by atoms with Crippen LogP contribution in [0.25, 0.3) is 0 Å². The molecule has 0 aliphatic heterocycles. The maximum absolute atomic E-state index is 13.6. The van der Waals surface area contributed by atoms with E-state index in [9.17, 15) is 29.1 Å². The molecule has 264 valence electrons. The van der Waals surface area contributed by atoms with Crippen LogP contribution in [0.3, 0.4) is 0 Å². The van der Waals surface area contributed by atoms with Crippen molar-refractivity contribution < 1.29 is 33.8 Å². The fourth-order valence-corrected chi connectivity index (χ4v) is 5.02. The minimum atomic E-state index is -1.15. The van der Waals surface area contributed by atoms with Crippen LogP contribution in [0.4, 0.5) is 4.79 Å². The fraction of sp³-hybridized carbons (Fsp3) is 0.528. The molecule has 12 heteroatoms. The van der Waals surface area contributed by atoms with Gasteiger partial charge in [-0.3, -0.25) is 19.2 Å². The van der Waals surface area contributed by atoms with Crippen molar-refractivity contribution in [2.24, 2.45) is 11.8 Å². The standard InChI is InChI=1S/C36H53N5O7/c1-24(2)21-30(31(43)22-32(44)38-20-18-27-13-8-6-9-14-27)39-35(46)33(25(3)4)41-34(45)29(17-12-19-37-26(5)42)40-36(47)48-23-28-15-10-7-11-16-28/h6-11,13-16,24-25,29-31,33,43H,12,17-23H2,1-5H3,(H,37,42)(H,38,44)(H,39,46)(H,40,47)(H,41,45)/t29-,30-,31-,33-/m0/s1. The van der Waals surface area contributed by atoms with Gasteiger partial charge in [-0.25, -0.2) is 4.79 Å². The minimum absolute atomic E-state index is 0.00848. The lowest BCUT2D eigenvalue weighted by Gasteiger charge is -2.30. The van der Waals surface area contributed by atoms with Gasteiger partial charge in [0.05, 0.1) is 18.6 Å². The fourth-order valence-electron chi connectivity index (χ4n) is 5.02. The summed E-state index contributed by atoms with van der Waals surface area (Å²) in [7, 11) is 0. The molecular weight excluding hydrogens is 614 g/mol. The molecule has 2 aromatic carbocycles. The first-order valence-electron chi connectivity index (χ1n) is 16.7. The maximum atomic E-state index is 13.6. The van der Waals surface area contributed by atoms with E-state index in [4.69, 9.17) is 4.74 Å². The molecule has 5 amide bonds. The van der Waals surface area contributed by atoms with Crippen LogP contribution in [0.1, 0.15) is 71.4 Å². The summed E-state index contributed by atoms with van der Waals surface area (Å²) in [4.78, 5) is 63.7. The van der Waals surface area contributed by atoms with Crippen molar-refractivity contribution in [2.45, 2.75) is 97.6 Å². The van der Waals surface area contributed by atoms with Gasteiger partial charge in [0.25, 0.3) is 0 Å². The second-order valence-electron chi connectivity index (χ2n) is 12.7. The van der Waals surface area contributed by atoms with Crippen molar-refractivity contribution in [3.8, 4) is 0 Å². The van der Waals surface area contributed by atoms with Crippen molar-refractivity contribution in [3.05, 3.63) is 71.8 Å². The van der Waals surface area contributed by atoms with Crippen LogP contribution in [-0.2, 0) is 36.9 Å². The molecular formula is C36H53N5O7. The Morgan fingerprint density at radius 2 is 1.40 bits per heavy atom. The van der Waals surface area contributed by atoms with Crippen LogP contribution in [0.15, 0.2) is 60.7 Å². The predicted molar refractivity (Wildman–Crippen MR) is 183 cm³/mol.